The van der Waals surface area contributed by atoms with Gasteiger partial charge in [-0.15, -0.1) is 0 Å². The molecular weight excluding hydrogens is 204 g/mol. The molecule has 2 heterocycles. The van der Waals surface area contributed by atoms with Gasteiger partial charge in [0.25, 0.3) is 0 Å². The molecule has 1 aliphatic heterocycles. The molecule has 1 aromatic heterocycles. The van der Waals surface area contributed by atoms with Gasteiger partial charge in [0.15, 0.2) is 5.82 Å². The van der Waals surface area contributed by atoms with Crippen molar-refractivity contribution in [3.05, 3.63) is 5.82 Å². The number of rotatable bonds is 2. The predicted octanol–water partition coefficient (Wildman–Crippen LogP) is 1.46. The summed E-state index contributed by atoms with van der Waals surface area (Å²) in [5, 5.41) is 10.8. The summed E-state index contributed by atoms with van der Waals surface area (Å²) < 4.78 is 5.09. The first-order valence-electron chi connectivity index (χ1n) is 6.08. The van der Waals surface area contributed by atoms with E-state index in [1.165, 1.54) is 25.7 Å². The number of nitrogens with one attached hydrogen (secondary N) is 2. The molecule has 2 N–H and O–H groups in total. The van der Waals surface area contributed by atoms with Crippen LogP contribution in [0.2, 0.25) is 0 Å². The van der Waals surface area contributed by atoms with Crippen LogP contribution in [0.25, 0.3) is 0 Å². The van der Waals surface area contributed by atoms with E-state index in [-0.39, 0.29) is 0 Å². The fourth-order valence-electron chi connectivity index (χ4n) is 2.80. The van der Waals surface area contributed by atoms with Gasteiger partial charge in [0.1, 0.15) is 0 Å². The Hall–Kier alpha value is -1.10. The van der Waals surface area contributed by atoms with Gasteiger partial charge in [-0.05, 0) is 45.6 Å². The van der Waals surface area contributed by atoms with Crippen molar-refractivity contribution >= 4 is 6.01 Å². The van der Waals surface area contributed by atoms with Gasteiger partial charge < -0.3 is 15.2 Å². The number of nitrogens with zero attached hydrogens (tertiary/aromatic N) is 2. The number of anilines is 1. The second-order valence-corrected chi connectivity index (χ2v) is 5.04. The molecule has 0 bridgehead atoms. The van der Waals surface area contributed by atoms with Gasteiger partial charge in [-0.3, -0.25) is 0 Å². The third-order valence-electron chi connectivity index (χ3n) is 3.80. The quantitative estimate of drug-likeness (QED) is 0.793. The molecule has 1 saturated carbocycles. The van der Waals surface area contributed by atoms with Gasteiger partial charge in [0, 0.05) is 11.6 Å². The summed E-state index contributed by atoms with van der Waals surface area (Å²) in [6.07, 6.45) is 6.29. The molecule has 1 aromatic rings. The highest BCUT2D eigenvalue weighted by molar-refractivity contribution is 5.22. The summed E-state index contributed by atoms with van der Waals surface area (Å²) in [6, 6.07) is 1.04. The van der Waals surface area contributed by atoms with Crippen LogP contribution < -0.4 is 10.6 Å². The van der Waals surface area contributed by atoms with Gasteiger partial charge >= 0.3 is 6.01 Å². The molecule has 2 aliphatic rings. The van der Waals surface area contributed by atoms with E-state index in [1.807, 2.05) is 6.92 Å². The lowest BCUT2D eigenvalue weighted by molar-refractivity contribution is 0.134. The highest BCUT2D eigenvalue weighted by Crippen LogP contribution is 2.38. The monoisotopic (exact) mass is 222 g/mol. The summed E-state index contributed by atoms with van der Waals surface area (Å²) in [7, 11) is 0. The SMILES string of the molecule is Cc1noc(NC2CCNC3(CCC3)C2)n1. The number of aromatic nitrogens is 2. The Kier molecular flexibility index (Phi) is 2.35. The second-order valence-electron chi connectivity index (χ2n) is 5.04. The van der Waals surface area contributed by atoms with E-state index >= 15 is 0 Å². The fourth-order valence-corrected chi connectivity index (χ4v) is 2.80. The van der Waals surface area contributed by atoms with E-state index in [9.17, 15) is 0 Å². The maximum absolute atomic E-state index is 5.09. The smallest absolute Gasteiger partial charge is 0.321 e. The molecule has 1 spiro atoms. The lowest BCUT2D eigenvalue weighted by Crippen LogP contribution is -2.58. The molecule has 16 heavy (non-hydrogen) atoms. The first-order valence-corrected chi connectivity index (χ1v) is 6.08. The standard InChI is InChI=1S/C11H18N4O/c1-8-13-10(16-15-8)14-9-3-6-12-11(7-9)4-2-5-11/h9,12H,2-7H2,1H3,(H,13,14,15). The third-order valence-corrected chi connectivity index (χ3v) is 3.80. The van der Waals surface area contributed by atoms with Crippen LogP contribution in [-0.4, -0.2) is 28.3 Å². The molecule has 0 amide bonds. The van der Waals surface area contributed by atoms with Gasteiger partial charge in [0.2, 0.25) is 0 Å². The molecule has 1 saturated heterocycles. The first kappa shape index (κ1) is 10.1. The molecular formula is C11H18N4O. The highest BCUT2D eigenvalue weighted by Gasteiger charge is 2.41. The number of hydrogen-bond acceptors (Lipinski definition) is 5. The van der Waals surface area contributed by atoms with E-state index in [0.29, 0.717) is 23.4 Å². The molecule has 1 atom stereocenters. The van der Waals surface area contributed by atoms with Crippen LogP contribution in [0.3, 0.4) is 0 Å². The Morgan fingerprint density at radius 3 is 3.00 bits per heavy atom. The zero-order valence-corrected chi connectivity index (χ0v) is 9.62. The minimum Gasteiger partial charge on any atom is -0.335 e. The van der Waals surface area contributed by atoms with Gasteiger partial charge in [-0.1, -0.05) is 5.16 Å². The lowest BCUT2D eigenvalue weighted by atomic mass is 9.70. The molecule has 0 radical (unpaired) electrons. The zero-order chi connectivity index (χ0) is 11.0. The van der Waals surface area contributed by atoms with Crippen LogP contribution in [0.5, 0.6) is 0 Å². The molecule has 3 rings (SSSR count). The first-order chi connectivity index (χ1) is 7.76. The normalized spacial score (nSPS) is 27.7. The summed E-state index contributed by atoms with van der Waals surface area (Å²) in [5.41, 5.74) is 0.408. The largest absolute Gasteiger partial charge is 0.335 e. The molecule has 0 aromatic carbocycles. The molecule has 1 unspecified atom stereocenters. The van der Waals surface area contributed by atoms with Crippen LogP contribution >= 0.6 is 0 Å². The Morgan fingerprint density at radius 2 is 2.38 bits per heavy atom. The Labute approximate surface area is 95.0 Å². The fraction of sp³-hybridized carbons (Fsp3) is 0.818. The zero-order valence-electron chi connectivity index (χ0n) is 9.62. The van der Waals surface area contributed by atoms with E-state index < -0.39 is 0 Å². The number of piperidine rings is 1. The minimum absolute atomic E-state index is 0.408. The Balaban J connectivity index is 1.62. The third kappa shape index (κ3) is 1.80. The van der Waals surface area contributed by atoms with Crippen molar-refractivity contribution in [2.24, 2.45) is 0 Å². The summed E-state index contributed by atoms with van der Waals surface area (Å²) in [5.74, 6) is 0.690. The van der Waals surface area contributed by atoms with E-state index in [1.54, 1.807) is 0 Å². The number of aryl methyl sites for hydroxylation is 1. The van der Waals surface area contributed by atoms with E-state index in [2.05, 4.69) is 20.8 Å². The average molecular weight is 222 g/mol. The van der Waals surface area contributed by atoms with Gasteiger partial charge in [-0.2, -0.15) is 4.98 Å². The van der Waals surface area contributed by atoms with E-state index in [0.717, 1.165) is 13.0 Å². The molecule has 1 aliphatic carbocycles. The van der Waals surface area contributed by atoms with Crippen molar-refractivity contribution in [1.82, 2.24) is 15.5 Å². The van der Waals surface area contributed by atoms with E-state index in [4.69, 9.17) is 4.52 Å². The Bertz CT molecular complexity index is 372. The maximum Gasteiger partial charge on any atom is 0.321 e. The van der Waals surface area contributed by atoms with Crippen LogP contribution in [0, 0.1) is 6.92 Å². The van der Waals surface area contributed by atoms with Crippen LogP contribution in [0.1, 0.15) is 37.9 Å². The average Bonchev–Trinajstić information content (AvgIpc) is 2.62. The maximum atomic E-state index is 5.09. The van der Waals surface area contributed by atoms with Gasteiger partial charge in [-0.25, -0.2) is 0 Å². The van der Waals surface area contributed by atoms with Gasteiger partial charge in [0.05, 0.1) is 0 Å². The lowest BCUT2D eigenvalue weighted by Gasteiger charge is -2.48. The Morgan fingerprint density at radius 1 is 1.50 bits per heavy atom. The van der Waals surface area contributed by atoms with Crippen LogP contribution in [-0.2, 0) is 0 Å². The minimum atomic E-state index is 0.408. The summed E-state index contributed by atoms with van der Waals surface area (Å²) in [6.45, 7) is 2.93. The molecule has 5 nitrogen and oxygen atoms in total. The van der Waals surface area contributed by atoms with Crippen molar-refractivity contribution in [3.63, 3.8) is 0 Å². The predicted molar refractivity (Wildman–Crippen MR) is 60.3 cm³/mol. The summed E-state index contributed by atoms with van der Waals surface area (Å²) >= 11 is 0. The molecule has 88 valence electrons. The topological polar surface area (TPSA) is 63.0 Å². The molecule has 2 fully saturated rings. The van der Waals surface area contributed by atoms with Crippen molar-refractivity contribution in [2.45, 2.75) is 50.6 Å². The number of hydrogen-bond donors (Lipinski definition) is 2. The van der Waals surface area contributed by atoms with Crippen molar-refractivity contribution < 1.29 is 4.52 Å². The van der Waals surface area contributed by atoms with Crippen LogP contribution in [0.15, 0.2) is 4.52 Å². The highest BCUT2D eigenvalue weighted by atomic mass is 16.5. The summed E-state index contributed by atoms with van der Waals surface area (Å²) in [4.78, 5) is 4.19. The van der Waals surface area contributed by atoms with Crippen molar-refractivity contribution in [2.75, 3.05) is 11.9 Å². The van der Waals surface area contributed by atoms with Crippen molar-refractivity contribution in [3.8, 4) is 0 Å². The second kappa shape index (κ2) is 3.73. The van der Waals surface area contributed by atoms with Crippen LogP contribution in [0.4, 0.5) is 6.01 Å². The molecule has 5 heteroatoms. The van der Waals surface area contributed by atoms with Crippen molar-refractivity contribution in [1.29, 1.82) is 0 Å².